The highest BCUT2D eigenvalue weighted by Gasteiger charge is 2.08. The standard InChI is InChI=1S/C14H9FN4O/c15-12-6-10(8-16)5-11(7-12)9-19-14(20)18-4-2-1-3-13(18)17-19/h1-7H,9H2. The van der Waals surface area contributed by atoms with Gasteiger partial charge >= 0.3 is 5.69 Å². The fraction of sp³-hybridized carbons (Fsp3) is 0.0714. The molecule has 98 valence electrons. The number of hydrogen-bond acceptors (Lipinski definition) is 3. The highest BCUT2D eigenvalue weighted by atomic mass is 19.1. The highest BCUT2D eigenvalue weighted by molar-refractivity contribution is 5.36. The van der Waals surface area contributed by atoms with Crippen LogP contribution in [0, 0.1) is 17.1 Å². The Hall–Kier alpha value is -2.94. The molecule has 0 bridgehead atoms. The van der Waals surface area contributed by atoms with Gasteiger partial charge in [-0.25, -0.2) is 13.9 Å². The summed E-state index contributed by atoms with van der Waals surface area (Å²) < 4.78 is 16.0. The zero-order valence-corrected chi connectivity index (χ0v) is 10.3. The van der Waals surface area contributed by atoms with Crippen LogP contribution < -0.4 is 5.69 Å². The van der Waals surface area contributed by atoms with E-state index in [0.29, 0.717) is 11.2 Å². The number of pyridine rings is 1. The van der Waals surface area contributed by atoms with Gasteiger partial charge in [-0.3, -0.25) is 4.40 Å². The minimum atomic E-state index is -0.504. The molecule has 1 aromatic carbocycles. The lowest BCUT2D eigenvalue weighted by Gasteiger charge is -2.01. The molecule has 0 N–H and O–H groups in total. The Bertz CT molecular complexity index is 888. The molecule has 0 spiro atoms. The van der Waals surface area contributed by atoms with E-state index in [2.05, 4.69) is 5.10 Å². The number of fused-ring (bicyclic) bond motifs is 1. The molecule has 0 aliphatic rings. The number of benzene rings is 1. The van der Waals surface area contributed by atoms with Crippen LogP contribution in [0.5, 0.6) is 0 Å². The first-order chi connectivity index (χ1) is 9.67. The van der Waals surface area contributed by atoms with E-state index in [4.69, 9.17) is 5.26 Å². The molecule has 20 heavy (non-hydrogen) atoms. The van der Waals surface area contributed by atoms with Gasteiger partial charge in [0, 0.05) is 6.20 Å². The third-order valence-corrected chi connectivity index (χ3v) is 2.91. The maximum atomic E-state index is 13.4. The molecule has 0 radical (unpaired) electrons. The van der Waals surface area contributed by atoms with Crippen molar-refractivity contribution in [2.24, 2.45) is 0 Å². The molecule has 0 unspecified atom stereocenters. The van der Waals surface area contributed by atoms with Crippen LogP contribution in [0.2, 0.25) is 0 Å². The summed E-state index contributed by atoms with van der Waals surface area (Å²) in [5, 5.41) is 13.0. The molecule has 0 aliphatic carbocycles. The van der Waals surface area contributed by atoms with E-state index in [9.17, 15) is 9.18 Å². The van der Waals surface area contributed by atoms with Crippen molar-refractivity contribution in [1.29, 1.82) is 5.26 Å². The van der Waals surface area contributed by atoms with E-state index in [0.717, 1.165) is 6.07 Å². The van der Waals surface area contributed by atoms with E-state index in [1.807, 2.05) is 6.07 Å². The monoisotopic (exact) mass is 268 g/mol. The van der Waals surface area contributed by atoms with E-state index < -0.39 is 5.82 Å². The van der Waals surface area contributed by atoms with Gasteiger partial charge in [0.15, 0.2) is 5.65 Å². The molecule has 2 heterocycles. The fourth-order valence-corrected chi connectivity index (χ4v) is 2.05. The van der Waals surface area contributed by atoms with E-state index >= 15 is 0 Å². The first-order valence-corrected chi connectivity index (χ1v) is 5.91. The smallest absolute Gasteiger partial charge is 0.250 e. The average Bonchev–Trinajstić information content (AvgIpc) is 2.75. The molecule has 0 saturated heterocycles. The van der Waals surface area contributed by atoms with E-state index in [1.165, 1.54) is 15.1 Å². The van der Waals surface area contributed by atoms with Crippen LogP contribution in [0.4, 0.5) is 4.39 Å². The summed E-state index contributed by atoms with van der Waals surface area (Å²) in [5.74, 6) is -0.504. The third kappa shape index (κ3) is 2.06. The van der Waals surface area contributed by atoms with Gasteiger partial charge in [-0.2, -0.15) is 5.26 Å². The first kappa shape index (κ1) is 12.1. The van der Waals surface area contributed by atoms with Crippen molar-refractivity contribution in [2.75, 3.05) is 0 Å². The molecule has 0 amide bonds. The summed E-state index contributed by atoms with van der Waals surface area (Å²) in [4.78, 5) is 12.1. The van der Waals surface area contributed by atoms with Crippen molar-refractivity contribution in [2.45, 2.75) is 6.54 Å². The van der Waals surface area contributed by atoms with Gasteiger partial charge in [0.2, 0.25) is 0 Å². The Kier molecular flexibility index (Phi) is 2.80. The molecule has 2 aromatic heterocycles. The van der Waals surface area contributed by atoms with Crippen LogP contribution in [-0.2, 0) is 6.54 Å². The van der Waals surface area contributed by atoms with Crippen LogP contribution in [0.3, 0.4) is 0 Å². The lowest BCUT2D eigenvalue weighted by atomic mass is 10.1. The molecule has 3 rings (SSSR count). The molecule has 0 atom stereocenters. The highest BCUT2D eigenvalue weighted by Crippen LogP contribution is 2.09. The second kappa shape index (κ2) is 4.63. The van der Waals surface area contributed by atoms with Crippen LogP contribution in [0.15, 0.2) is 47.4 Å². The van der Waals surface area contributed by atoms with E-state index in [1.54, 1.807) is 30.5 Å². The van der Waals surface area contributed by atoms with Crippen LogP contribution in [0.1, 0.15) is 11.1 Å². The van der Waals surface area contributed by atoms with Crippen molar-refractivity contribution >= 4 is 5.65 Å². The number of halogens is 1. The first-order valence-electron chi connectivity index (χ1n) is 5.91. The lowest BCUT2D eigenvalue weighted by molar-refractivity contribution is 0.615. The predicted molar refractivity (Wildman–Crippen MR) is 69.7 cm³/mol. The number of aromatic nitrogens is 3. The Morgan fingerprint density at radius 2 is 2.15 bits per heavy atom. The zero-order valence-electron chi connectivity index (χ0n) is 10.3. The molecular weight excluding hydrogens is 259 g/mol. The number of nitriles is 1. The molecule has 0 fully saturated rings. The fourth-order valence-electron chi connectivity index (χ4n) is 2.05. The summed E-state index contributed by atoms with van der Waals surface area (Å²) >= 11 is 0. The summed E-state index contributed by atoms with van der Waals surface area (Å²) in [6.07, 6.45) is 1.62. The van der Waals surface area contributed by atoms with Gasteiger partial charge in [-0.05, 0) is 35.9 Å². The van der Waals surface area contributed by atoms with Gasteiger partial charge in [-0.15, -0.1) is 5.10 Å². The Balaban J connectivity index is 2.06. The van der Waals surface area contributed by atoms with Crippen molar-refractivity contribution < 1.29 is 4.39 Å². The quantitative estimate of drug-likeness (QED) is 0.708. The van der Waals surface area contributed by atoms with Crippen molar-refractivity contribution in [1.82, 2.24) is 14.2 Å². The molecule has 3 aromatic rings. The minimum Gasteiger partial charge on any atom is -0.250 e. The van der Waals surface area contributed by atoms with Gasteiger partial charge < -0.3 is 0 Å². The summed E-state index contributed by atoms with van der Waals surface area (Å²) in [7, 11) is 0. The summed E-state index contributed by atoms with van der Waals surface area (Å²) in [6, 6.07) is 11.1. The van der Waals surface area contributed by atoms with Crippen molar-refractivity contribution in [3.8, 4) is 6.07 Å². The second-order valence-corrected chi connectivity index (χ2v) is 4.33. The van der Waals surface area contributed by atoms with Gasteiger partial charge in [-0.1, -0.05) is 6.07 Å². The molecule has 0 aliphatic heterocycles. The van der Waals surface area contributed by atoms with Gasteiger partial charge in [0.25, 0.3) is 0 Å². The van der Waals surface area contributed by atoms with Crippen molar-refractivity contribution in [3.05, 3.63) is 70.0 Å². The normalized spacial score (nSPS) is 10.6. The minimum absolute atomic E-state index is 0.118. The summed E-state index contributed by atoms with van der Waals surface area (Å²) in [5.41, 5.74) is 0.960. The SMILES string of the molecule is N#Cc1cc(F)cc(Cn2nc3ccccn3c2=O)c1. The predicted octanol–water partition coefficient (Wildman–Crippen LogP) is 1.56. The topological polar surface area (TPSA) is 63.1 Å². The lowest BCUT2D eigenvalue weighted by Crippen LogP contribution is -2.21. The maximum absolute atomic E-state index is 13.4. The molecule has 0 saturated carbocycles. The van der Waals surface area contributed by atoms with Crippen LogP contribution >= 0.6 is 0 Å². The number of nitrogens with zero attached hydrogens (tertiary/aromatic N) is 4. The molecular formula is C14H9FN4O. The largest absolute Gasteiger partial charge is 0.350 e. The Labute approximate surface area is 113 Å². The zero-order chi connectivity index (χ0) is 14.1. The maximum Gasteiger partial charge on any atom is 0.350 e. The average molecular weight is 268 g/mol. The molecule has 6 heteroatoms. The van der Waals surface area contributed by atoms with Crippen LogP contribution in [-0.4, -0.2) is 14.2 Å². The third-order valence-electron chi connectivity index (χ3n) is 2.91. The number of hydrogen-bond donors (Lipinski definition) is 0. The number of rotatable bonds is 2. The van der Waals surface area contributed by atoms with Crippen LogP contribution in [0.25, 0.3) is 5.65 Å². The van der Waals surface area contributed by atoms with Gasteiger partial charge in [0.1, 0.15) is 5.82 Å². The second-order valence-electron chi connectivity index (χ2n) is 4.33. The molecule has 5 nitrogen and oxygen atoms in total. The van der Waals surface area contributed by atoms with Gasteiger partial charge in [0.05, 0.1) is 18.2 Å². The summed E-state index contributed by atoms with van der Waals surface area (Å²) in [6.45, 7) is 0.118. The Morgan fingerprint density at radius 1 is 1.30 bits per heavy atom. The Morgan fingerprint density at radius 3 is 2.90 bits per heavy atom. The van der Waals surface area contributed by atoms with E-state index in [-0.39, 0.29) is 17.8 Å². The van der Waals surface area contributed by atoms with Crippen molar-refractivity contribution in [3.63, 3.8) is 0 Å².